The van der Waals surface area contributed by atoms with Crippen molar-refractivity contribution in [1.29, 1.82) is 0 Å². The Morgan fingerprint density at radius 2 is 2.45 bits per heavy atom. The van der Waals surface area contributed by atoms with Crippen LogP contribution in [-0.4, -0.2) is 23.7 Å². The highest BCUT2D eigenvalue weighted by Gasteiger charge is 2.33. The lowest BCUT2D eigenvalue weighted by Gasteiger charge is -2.16. The van der Waals surface area contributed by atoms with Crippen molar-refractivity contribution in [2.45, 2.75) is 6.10 Å². The van der Waals surface area contributed by atoms with Crippen LogP contribution in [-0.2, 0) is 4.79 Å². The first-order valence-corrected chi connectivity index (χ1v) is 3.63. The second kappa shape index (κ2) is 2.20. The van der Waals surface area contributed by atoms with Crippen molar-refractivity contribution in [2.75, 3.05) is 6.54 Å². The summed E-state index contributed by atoms with van der Waals surface area (Å²) in [6.07, 6.45) is 4.70. The molecule has 2 atom stereocenters. The van der Waals surface area contributed by atoms with Crippen molar-refractivity contribution in [3.05, 3.63) is 23.8 Å². The maximum atomic E-state index is 11.0. The number of nitrogens with one attached hydrogen (secondary N) is 1. The summed E-state index contributed by atoms with van der Waals surface area (Å²) in [5.74, 6) is -0.0640. The Kier molecular flexibility index (Phi) is 1.32. The molecule has 2 rings (SSSR count). The van der Waals surface area contributed by atoms with E-state index in [0.29, 0.717) is 12.1 Å². The van der Waals surface area contributed by atoms with Gasteiger partial charge in [-0.3, -0.25) is 4.79 Å². The monoisotopic (exact) mass is 151 g/mol. The molecule has 0 saturated carbocycles. The van der Waals surface area contributed by atoms with Gasteiger partial charge in [-0.05, 0) is 0 Å². The Labute approximate surface area is 64.4 Å². The second-order valence-corrected chi connectivity index (χ2v) is 2.81. The number of carbonyl (C=O) groups is 1. The first-order valence-electron chi connectivity index (χ1n) is 3.63. The van der Waals surface area contributed by atoms with Crippen LogP contribution in [0.15, 0.2) is 23.8 Å². The molecule has 3 nitrogen and oxygen atoms in total. The normalized spacial score (nSPS) is 34.6. The fourth-order valence-corrected chi connectivity index (χ4v) is 1.49. The van der Waals surface area contributed by atoms with Crippen molar-refractivity contribution in [3.8, 4) is 0 Å². The summed E-state index contributed by atoms with van der Waals surface area (Å²) in [6.45, 7) is 0.566. The molecule has 1 saturated heterocycles. The molecule has 0 aromatic carbocycles. The Hall–Kier alpha value is -1.09. The number of fused-ring (bicyclic) bond motifs is 1. The van der Waals surface area contributed by atoms with Gasteiger partial charge in [0, 0.05) is 18.0 Å². The van der Waals surface area contributed by atoms with Crippen LogP contribution in [0.5, 0.6) is 0 Å². The third-order valence-corrected chi connectivity index (χ3v) is 2.14. The minimum absolute atomic E-state index is 0.0208. The quantitative estimate of drug-likeness (QED) is 0.494. The number of allylic oxidation sites excluding steroid dienone is 2. The van der Waals surface area contributed by atoms with E-state index in [0.717, 1.165) is 0 Å². The molecule has 2 aliphatic rings. The molecule has 2 unspecified atom stereocenters. The van der Waals surface area contributed by atoms with Crippen LogP contribution in [0.2, 0.25) is 0 Å². The zero-order chi connectivity index (χ0) is 7.84. The van der Waals surface area contributed by atoms with E-state index in [2.05, 4.69) is 5.32 Å². The summed E-state index contributed by atoms with van der Waals surface area (Å²) in [7, 11) is 0. The van der Waals surface area contributed by atoms with Crippen LogP contribution >= 0.6 is 0 Å². The molecule has 0 spiro atoms. The maximum Gasteiger partial charge on any atom is 0.247 e. The molecule has 58 valence electrons. The lowest BCUT2D eigenvalue weighted by molar-refractivity contribution is -0.116. The zero-order valence-electron chi connectivity index (χ0n) is 5.95. The Bertz CT molecular complexity index is 255. The summed E-state index contributed by atoms with van der Waals surface area (Å²) in [6, 6.07) is 0. The summed E-state index contributed by atoms with van der Waals surface area (Å²) < 4.78 is 0. The number of carbonyl (C=O) groups excluding carboxylic acids is 1. The van der Waals surface area contributed by atoms with E-state index < -0.39 is 6.10 Å². The van der Waals surface area contributed by atoms with Crippen molar-refractivity contribution in [3.63, 3.8) is 0 Å². The number of aliphatic hydroxyl groups is 1. The molecule has 11 heavy (non-hydrogen) atoms. The minimum atomic E-state index is -0.492. The lowest BCUT2D eigenvalue weighted by Crippen LogP contribution is -2.22. The highest BCUT2D eigenvalue weighted by Crippen LogP contribution is 2.24. The average molecular weight is 151 g/mol. The van der Waals surface area contributed by atoms with Gasteiger partial charge in [-0.2, -0.15) is 0 Å². The van der Waals surface area contributed by atoms with Crippen LogP contribution in [0.1, 0.15) is 0 Å². The largest absolute Gasteiger partial charge is 0.388 e. The number of aliphatic hydroxyl groups excluding tert-OH is 1. The third-order valence-electron chi connectivity index (χ3n) is 2.14. The Morgan fingerprint density at radius 3 is 3.18 bits per heavy atom. The van der Waals surface area contributed by atoms with Gasteiger partial charge < -0.3 is 10.4 Å². The molecular formula is C8H9NO2. The first kappa shape index (κ1) is 6.61. The highest BCUT2D eigenvalue weighted by atomic mass is 16.3. The zero-order valence-corrected chi connectivity index (χ0v) is 5.95. The van der Waals surface area contributed by atoms with Gasteiger partial charge in [0.2, 0.25) is 5.91 Å². The van der Waals surface area contributed by atoms with Crippen molar-refractivity contribution < 1.29 is 9.90 Å². The smallest absolute Gasteiger partial charge is 0.247 e. The Morgan fingerprint density at radius 1 is 1.64 bits per heavy atom. The summed E-state index contributed by atoms with van der Waals surface area (Å²) >= 11 is 0. The molecule has 0 bridgehead atoms. The third kappa shape index (κ3) is 0.886. The fourth-order valence-electron chi connectivity index (χ4n) is 1.49. The number of amides is 1. The maximum absolute atomic E-state index is 11.0. The molecule has 1 amide bonds. The summed E-state index contributed by atoms with van der Waals surface area (Å²) in [5.41, 5.74) is 0.708. The van der Waals surface area contributed by atoms with Crippen LogP contribution in [0, 0.1) is 5.92 Å². The molecule has 0 aromatic heterocycles. The molecule has 1 aliphatic carbocycles. The molecule has 0 aromatic rings. The lowest BCUT2D eigenvalue weighted by atomic mass is 9.92. The predicted octanol–water partition coefficient (Wildman–Crippen LogP) is -0.411. The summed E-state index contributed by atoms with van der Waals surface area (Å²) in [4.78, 5) is 11.0. The highest BCUT2D eigenvalue weighted by molar-refractivity contribution is 5.97. The van der Waals surface area contributed by atoms with Gasteiger partial charge in [0.1, 0.15) is 0 Å². The average Bonchev–Trinajstić information content (AvgIpc) is 2.35. The van der Waals surface area contributed by atoms with Gasteiger partial charge >= 0.3 is 0 Å². The van der Waals surface area contributed by atoms with Gasteiger partial charge in [0.15, 0.2) is 0 Å². The number of rotatable bonds is 0. The molecule has 1 heterocycles. The Balaban J connectivity index is 2.34. The summed E-state index contributed by atoms with van der Waals surface area (Å²) in [5, 5.41) is 12.1. The molecule has 1 aliphatic heterocycles. The molecule has 1 fully saturated rings. The van der Waals surface area contributed by atoms with E-state index in [4.69, 9.17) is 0 Å². The standard InChI is InChI=1S/C8H9NO2/c10-7-3-1-2-5-6(7)4-9-8(5)11/h1-3,6-7,10H,4H2,(H,9,11). The van der Waals surface area contributed by atoms with Gasteiger partial charge in [-0.1, -0.05) is 18.2 Å². The van der Waals surface area contributed by atoms with Gasteiger partial charge in [0.05, 0.1) is 6.10 Å². The fraction of sp³-hybridized carbons (Fsp3) is 0.375. The van der Waals surface area contributed by atoms with Crippen molar-refractivity contribution in [2.24, 2.45) is 5.92 Å². The van der Waals surface area contributed by atoms with E-state index in [1.807, 2.05) is 0 Å². The van der Waals surface area contributed by atoms with Crippen LogP contribution in [0.4, 0.5) is 0 Å². The molecule has 2 N–H and O–H groups in total. The van der Waals surface area contributed by atoms with Crippen LogP contribution in [0.3, 0.4) is 0 Å². The number of hydrogen-bond acceptors (Lipinski definition) is 2. The van der Waals surface area contributed by atoms with Gasteiger partial charge in [-0.25, -0.2) is 0 Å². The van der Waals surface area contributed by atoms with E-state index in [1.54, 1.807) is 18.2 Å². The van der Waals surface area contributed by atoms with Crippen LogP contribution in [0.25, 0.3) is 0 Å². The predicted molar refractivity (Wildman–Crippen MR) is 39.7 cm³/mol. The van der Waals surface area contributed by atoms with Crippen LogP contribution < -0.4 is 5.32 Å². The topological polar surface area (TPSA) is 49.3 Å². The van der Waals surface area contributed by atoms with E-state index in [9.17, 15) is 9.90 Å². The molecular weight excluding hydrogens is 142 g/mol. The second-order valence-electron chi connectivity index (χ2n) is 2.81. The van der Waals surface area contributed by atoms with Gasteiger partial charge in [0.25, 0.3) is 0 Å². The first-order chi connectivity index (χ1) is 5.29. The van der Waals surface area contributed by atoms with E-state index in [-0.39, 0.29) is 11.8 Å². The molecule has 0 radical (unpaired) electrons. The molecule has 3 heteroatoms. The number of hydrogen-bond donors (Lipinski definition) is 2. The van der Waals surface area contributed by atoms with Crippen molar-refractivity contribution in [1.82, 2.24) is 5.32 Å². The van der Waals surface area contributed by atoms with E-state index >= 15 is 0 Å². The van der Waals surface area contributed by atoms with E-state index in [1.165, 1.54) is 0 Å². The van der Waals surface area contributed by atoms with Crippen molar-refractivity contribution >= 4 is 5.91 Å². The van der Waals surface area contributed by atoms with Gasteiger partial charge in [-0.15, -0.1) is 0 Å². The minimum Gasteiger partial charge on any atom is -0.388 e. The SMILES string of the molecule is O=C1NCC2C1=CC=CC2O.